The van der Waals surface area contributed by atoms with Crippen molar-refractivity contribution in [2.45, 2.75) is 6.18 Å². The summed E-state index contributed by atoms with van der Waals surface area (Å²) >= 11 is 0. The van der Waals surface area contributed by atoms with Crippen molar-refractivity contribution in [3.05, 3.63) is 41.9 Å². The van der Waals surface area contributed by atoms with Gasteiger partial charge in [-0.3, -0.25) is 10.0 Å². The number of nitrogens with zero attached hydrogens (tertiary/aromatic N) is 5. The molecule has 1 saturated heterocycles. The topological polar surface area (TPSA) is 94.5 Å². The number of hydrogen-bond acceptors (Lipinski definition) is 7. The molecule has 11 heteroatoms. The SMILES string of the molecule is O=C(NO)c1cnc(N2CCN(c3cc(C(F)(F)F)ccn3)CC2)nc1. The zero-order valence-corrected chi connectivity index (χ0v) is 13.4. The molecule has 0 aromatic carbocycles. The van der Waals surface area contributed by atoms with Crippen LogP contribution in [0, 0.1) is 0 Å². The van der Waals surface area contributed by atoms with Gasteiger partial charge in [0, 0.05) is 44.8 Å². The Morgan fingerprint density at radius 3 is 2.27 bits per heavy atom. The number of hydroxylamine groups is 1. The number of carbonyl (C=O) groups excluding carboxylic acids is 1. The van der Waals surface area contributed by atoms with Crippen LogP contribution < -0.4 is 15.3 Å². The predicted octanol–water partition coefficient (Wildman–Crippen LogP) is 1.34. The molecule has 138 valence electrons. The van der Waals surface area contributed by atoms with Gasteiger partial charge in [-0.1, -0.05) is 0 Å². The lowest BCUT2D eigenvalue weighted by Gasteiger charge is -2.35. The van der Waals surface area contributed by atoms with Crippen LogP contribution in [0.2, 0.25) is 0 Å². The number of amides is 1. The minimum atomic E-state index is -4.41. The van der Waals surface area contributed by atoms with Gasteiger partial charge >= 0.3 is 6.18 Å². The molecule has 26 heavy (non-hydrogen) atoms. The van der Waals surface area contributed by atoms with Gasteiger partial charge in [0.2, 0.25) is 5.95 Å². The molecule has 1 fully saturated rings. The lowest BCUT2D eigenvalue weighted by molar-refractivity contribution is -0.137. The fourth-order valence-corrected chi connectivity index (χ4v) is 2.57. The van der Waals surface area contributed by atoms with Crippen LogP contribution in [0.25, 0.3) is 0 Å². The number of pyridine rings is 1. The Labute approximate surface area is 146 Å². The fraction of sp³-hybridized carbons (Fsp3) is 0.333. The maximum absolute atomic E-state index is 12.8. The van der Waals surface area contributed by atoms with E-state index in [1.54, 1.807) is 4.90 Å². The first kappa shape index (κ1) is 17.9. The number of piperazine rings is 1. The van der Waals surface area contributed by atoms with Crippen molar-refractivity contribution in [3.8, 4) is 0 Å². The van der Waals surface area contributed by atoms with E-state index in [1.165, 1.54) is 17.9 Å². The Hall–Kier alpha value is -2.95. The summed E-state index contributed by atoms with van der Waals surface area (Å²) in [5, 5.41) is 8.57. The van der Waals surface area contributed by atoms with Gasteiger partial charge in [0.1, 0.15) is 5.82 Å². The van der Waals surface area contributed by atoms with Crippen LogP contribution in [0.1, 0.15) is 15.9 Å². The van der Waals surface area contributed by atoms with Gasteiger partial charge in [-0.25, -0.2) is 20.4 Å². The van der Waals surface area contributed by atoms with E-state index in [4.69, 9.17) is 5.21 Å². The zero-order valence-electron chi connectivity index (χ0n) is 13.4. The number of hydrogen-bond donors (Lipinski definition) is 2. The molecule has 0 atom stereocenters. The number of rotatable bonds is 3. The molecular weight excluding hydrogens is 353 g/mol. The Kier molecular flexibility index (Phi) is 4.89. The summed E-state index contributed by atoms with van der Waals surface area (Å²) < 4.78 is 38.5. The normalized spacial score (nSPS) is 15.1. The third-order valence-corrected chi connectivity index (χ3v) is 3.96. The van der Waals surface area contributed by atoms with Crippen LogP contribution in [-0.2, 0) is 6.18 Å². The third kappa shape index (κ3) is 3.82. The van der Waals surface area contributed by atoms with Crippen LogP contribution in [-0.4, -0.2) is 52.2 Å². The Morgan fingerprint density at radius 2 is 1.69 bits per heavy atom. The second-order valence-electron chi connectivity index (χ2n) is 5.59. The molecule has 2 aromatic heterocycles. The molecule has 1 amide bonds. The number of aromatic nitrogens is 3. The molecule has 8 nitrogen and oxygen atoms in total. The third-order valence-electron chi connectivity index (χ3n) is 3.96. The summed E-state index contributed by atoms with van der Waals surface area (Å²) in [6, 6.07) is 1.98. The Morgan fingerprint density at radius 1 is 1.08 bits per heavy atom. The average Bonchev–Trinajstić information content (AvgIpc) is 2.67. The van der Waals surface area contributed by atoms with Crippen LogP contribution in [0.15, 0.2) is 30.7 Å². The molecule has 1 aliphatic heterocycles. The molecule has 0 spiro atoms. The number of nitrogens with one attached hydrogen (secondary N) is 1. The smallest absolute Gasteiger partial charge is 0.353 e. The molecular formula is C15H15F3N6O2. The fourth-order valence-electron chi connectivity index (χ4n) is 2.57. The lowest BCUT2D eigenvalue weighted by atomic mass is 10.2. The van der Waals surface area contributed by atoms with E-state index in [0.29, 0.717) is 32.1 Å². The van der Waals surface area contributed by atoms with E-state index in [-0.39, 0.29) is 11.4 Å². The van der Waals surface area contributed by atoms with Gasteiger partial charge in [-0.05, 0) is 12.1 Å². The summed E-state index contributed by atoms with van der Waals surface area (Å²) in [4.78, 5) is 27.0. The van der Waals surface area contributed by atoms with Crippen LogP contribution in [0.4, 0.5) is 24.9 Å². The molecule has 0 saturated carbocycles. The molecule has 3 heterocycles. The van der Waals surface area contributed by atoms with Crippen molar-refractivity contribution in [1.29, 1.82) is 0 Å². The maximum Gasteiger partial charge on any atom is 0.416 e. The number of carbonyl (C=O) groups is 1. The van der Waals surface area contributed by atoms with E-state index in [1.807, 2.05) is 4.90 Å². The summed E-state index contributed by atoms with van der Waals surface area (Å²) in [6.07, 6.45) is -0.683. The van der Waals surface area contributed by atoms with E-state index in [2.05, 4.69) is 15.0 Å². The van der Waals surface area contributed by atoms with E-state index in [0.717, 1.165) is 18.3 Å². The van der Waals surface area contributed by atoms with Crippen molar-refractivity contribution in [3.63, 3.8) is 0 Å². The van der Waals surface area contributed by atoms with Crippen LogP contribution in [0.5, 0.6) is 0 Å². The molecule has 3 rings (SSSR count). The van der Waals surface area contributed by atoms with Crippen LogP contribution >= 0.6 is 0 Å². The average molecular weight is 368 g/mol. The van der Waals surface area contributed by atoms with Crippen molar-refractivity contribution < 1.29 is 23.2 Å². The van der Waals surface area contributed by atoms with Crippen molar-refractivity contribution in [2.75, 3.05) is 36.0 Å². The molecule has 2 N–H and O–H groups in total. The summed E-state index contributed by atoms with van der Waals surface area (Å²) in [7, 11) is 0. The standard InChI is InChI=1S/C15H15F3N6O2/c16-15(17,18)11-1-2-19-12(7-11)23-3-5-24(6-4-23)14-20-8-10(9-21-14)13(25)22-26/h1-2,7-9,26H,3-6H2,(H,22,25). The van der Waals surface area contributed by atoms with Gasteiger partial charge in [0.15, 0.2) is 0 Å². The summed E-state index contributed by atoms with van der Waals surface area (Å²) in [5.41, 5.74) is 0.876. The van der Waals surface area contributed by atoms with Crippen LogP contribution in [0.3, 0.4) is 0 Å². The van der Waals surface area contributed by atoms with Crippen molar-refractivity contribution >= 4 is 17.7 Å². The monoisotopic (exact) mass is 368 g/mol. The number of alkyl halides is 3. The highest BCUT2D eigenvalue weighted by molar-refractivity contribution is 5.92. The van der Waals surface area contributed by atoms with E-state index >= 15 is 0 Å². The highest BCUT2D eigenvalue weighted by Gasteiger charge is 2.31. The minimum Gasteiger partial charge on any atom is -0.353 e. The molecule has 2 aromatic rings. The van der Waals surface area contributed by atoms with Crippen molar-refractivity contribution in [1.82, 2.24) is 20.4 Å². The predicted molar refractivity (Wildman–Crippen MR) is 84.9 cm³/mol. The molecule has 1 aliphatic rings. The van der Waals surface area contributed by atoms with E-state index < -0.39 is 17.6 Å². The van der Waals surface area contributed by atoms with Gasteiger partial charge in [-0.15, -0.1) is 0 Å². The Balaban J connectivity index is 1.65. The minimum absolute atomic E-state index is 0.114. The molecule has 0 unspecified atom stereocenters. The van der Waals surface area contributed by atoms with Gasteiger partial charge < -0.3 is 9.80 Å². The highest BCUT2D eigenvalue weighted by atomic mass is 19.4. The quantitative estimate of drug-likeness (QED) is 0.624. The molecule has 0 bridgehead atoms. The number of halogens is 3. The van der Waals surface area contributed by atoms with Gasteiger partial charge in [0.05, 0.1) is 11.1 Å². The highest BCUT2D eigenvalue weighted by Crippen LogP contribution is 2.31. The first-order chi connectivity index (χ1) is 12.4. The number of anilines is 2. The molecule has 0 radical (unpaired) electrons. The first-order valence-corrected chi connectivity index (χ1v) is 7.68. The zero-order chi connectivity index (χ0) is 18.7. The summed E-state index contributed by atoms with van der Waals surface area (Å²) in [5.74, 6) is -0.0384. The van der Waals surface area contributed by atoms with Gasteiger partial charge in [0.25, 0.3) is 5.91 Å². The molecule has 0 aliphatic carbocycles. The second kappa shape index (κ2) is 7.12. The lowest BCUT2D eigenvalue weighted by Crippen LogP contribution is -2.47. The first-order valence-electron chi connectivity index (χ1n) is 7.68. The van der Waals surface area contributed by atoms with Gasteiger partial charge in [-0.2, -0.15) is 13.2 Å². The second-order valence-corrected chi connectivity index (χ2v) is 5.59. The van der Waals surface area contributed by atoms with Crippen molar-refractivity contribution in [2.24, 2.45) is 0 Å². The van der Waals surface area contributed by atoms with E-state index in [9.17, 15) is 18.0 Å². The Bertz CT molecular complexity index is 776. The largest absolute Gasteiger partial charge is 0.416 e. The summed E-state index contributed by atoms with van der Waals surface area (Å²) in [6.45, 7) is 1.89. The maximum atomic E-state index is 12.8.